The van der Waals surface area contributed by atoms with Crippen molar-refractivity contribution in [1.82, 2.24) is 4.57 Å². The SMILES string of the molecule is CC#Cc1ccc2c(c1)c1cc(C#CC)ccc1n2CCC(C)CCCC(C)C. The van der Waals surface area contributed by atoms with Gasteiger partial charge < -0.3 is 4.57 Å². The van der Waals surface area contributed by atoms with Gasteiger partial charge in [0.15, 0.2) is 0 Å². The Morgan fingerprint density at radius 1 is 0.759 bits per heavy atom. The van der Waals surface area contributed by atoms with E-state index in [0.717, 1.165) is 29.5 Å². The fourth-order valence-electron chi connectivity index (χ4n) is 4.16. The maximum absolute atomic E-state index is 3.21. The maximum atomic E-state index is 3.21. The summed E-state index contributed by atoms with van der Waals surface area (Å²) in [6.07, 6.45) is 5.21. The summed E-state index contributed by atoms with van der Waals surface area (Å²) in [5.41, 5.74) is 4.76. The van der Waals surface area contributed by atoms with Gasteiger partial charge in [-0.2, -0.15) is 0 Å². The highest BCUT2D eigenvalue weighted by Gasteiger charge is 2.13. The fraction of sp³-hybridized carbons (Fsp3) is 0.429. The molecule has 3 rings (SSSR count). The zero-order valence-corrected chi connectivity index (χ0v) is 18.6. The lowest BCUT2D eigenvalue weighted by molar-refractivity contribution is 0.419. The van der Waals surface area contributed by atoms with Gasteiger partial charge in [-0.1, -0.05) is 51.9 Å². The van der Waals surface area contributed by atoms with E-state index in [-0.39, 0.29) is 0 Å². The quantitative estimate of drug-likeness (QED) is 0.375. The third-order valence-electron chi connectivity index (χ3n) is 5.73. The molecule has 0 aliphatic heterocycles. The van der Waals surface area contributed by atoms with Crippen LogP contribution in [0.5, 0.6) is 0 Å². The second-order valence-electron chi connectivity index (χ2n) is 8.58. The second kappa shape index (κ2) is 9.71. The first-order chi connectivity index (χ1) is 14.0. The molecule has 1 heteroatoms. The van der Waals surface area contributed by atoms with Crippen LogP contribution in [-0.4, -0.2) is 4.57 Å². The van der Waals surface area contributed by atoms with E-state index in [1.165, 1.54) is 47.5 Å². The normalized spacial score (nSPS) is 11.9. The van der Waals surface area contributed by atoms with E-state index in [0.29, 0.717) is 0 Å². The average Bonchev–Trinajstić information content (AvgIpc) is 2.99. The van der Waals surface area contributed by atoms with Crippen LogP contribution < -0.4 is 0 Å². The second-order valence-corrected chi connectivity index (χ2v) is 8.58. The highest BCUT2D eigenvalue weighted by Crippen LogP contribution is 2.31. The first-order valence-electron chi connectivity index (χ1n) is 10.9. The van der Waals surface area contributed by atoms with Gasteiger partial charge in [0.1, 0.15) is 0 Å². The summed E-state index contributed by atoms with van der Waals surface area (Å²) >= 11 is 0. The first kappa shape index (κ1) is 21.1. The average molecular weight is 384 g/mol. The predicted molar refractivity (Wildman–Crippen MR) is 127 cm³/mol. The van der Waals surface area contributed by atoms with Crippen molar-refractivity contribution in [2.24, 2.45) is 11.8 Å². The monoisotopic (exact) mass is 383 g/mol. The lowest BCUT2D eigenvalue weighted by atomic mass is 9.97. The standard InChI is InChI=1S/C28H33N/c1-6-9-23-13-15-27-25(19-23)26-20-24(10-7-2)14-16-28(26)29(27)18-17-22(5)12-8-11-21(3)4/h13-16,19-22H,8,11-12,17-18H2,1-5H3. The van der Waals surface area contributed by atoms with Crippen LogP contribution in [-0.2, 0) is 6.54 Å². The van der Waals surface area contributed by atoms with Gasteiger partial charge in [0.2, 0.25) is 0 Å². The minimum atomic E-state index is 0.747. The molecule has 0 bridgehead atoms. The van der Waals surface area contributed by atoms with Gasteiger partial charge in [0, 0.05) is 39.5 Å². The summed E-state index contributed by atoms with van der Waals surface area (Å²) in [6, 6.07) is 13.2. The molecular weight excluding hydrogens is 350 g/mol. The van der Waals surface area contributed by atoms with E-state index < -0.39 is 0 Å². The van der Waals surface area contributed by atoms with Crippen molar-refractivity contribution in [1.29, 1.82) is 0 Å². The highest BCUT2D eigenvalue weighted by atomic mass is 15.0. The molecule has 0 saturated carbocycles. The molecule has 0 amide bonds. The Hall–Kier alpha value is -2.64. The summed E-state index contributed by atoms with van der Waals surface area (Å²) in [6.45, 7) is 11.9. The van der Waals surface area contributed by atoms with E-state index in [4.69, 9.17) is 0 Å². The Morgan fingerprint density at radius 3 is 1.79 bits per heavy atom. The predicted octanol–water partition coefficient (Wildman–Crippen LogP) is 7.39. The molecule has 0 radical (unpaired) electrons. The minimum Gasteiger partial charge on any atom is -0.340 e. The zero-order chi connectivity index (χ0) is 20.8. The molecule has 0 aliphatic carbocycles. The number of rotatable bonds is 7. The minimum absolute atomic E-state index is 0.747. The summed E-state index contributed by atoms with van der Waals surface area (Å²) in [4.78, 5) is 0. The van der Waals surface area contributed by atoms with Crippen molar-refractivity contribution in [3.63, 3.8) is 0 Å². The van der Waals surface area contributed by atoms with Gasteiger partial charge in [0.25, 0.3) is 0 Å². The molecule has 0 saturated heterocycles. The van der Waals surface area contributed by atoms with Gasteiger partial charge in [0.05, 0.1) is 0 Å². The number of hydrogen-bond donors (Lipinski definition) is 0. The zero-order valence-electron chi connectivity index (χ0n) is 18.6. The van der Waals surface area contributed by atoms with Gasteiger partial charge >= 0.3 is 0 Å². The topological polar surface area (TPSA) is 4.93 Å². The lowest BCUT2D eigenvalue weighted by Crippen LogP contribution is -2.04. The Labute approximate surface area is 176 Å². The van der Waals surface area contributed by atoms with E-state index in [9.17, 15) is 0 Å². The largest absolute Gasteiger partial charge is 0.340 e. The number of aromatic nitrogens is 1. The number of fused-ring (bicyclic) bond motifs is 3. The molecule has 0 fully saturated rings. The van der Waals surface area contributed by atoms with Crippen molar-refractivity contribution < 1.29 is 0 Å². The van der Waals surface area contributed by atoms with Crippen LogP contribution in [0.3, 0.4) is 0 Å². The van der Waals surface area contributed by atoms with E-state index in [1.54, 1.807) is 0 Å². The molecule has 1 atom stereocenters. The highest BCUT2D eigenvalue weighted by molar-refractivity contribution is 6.08. The maximum Gasteiger partial charge on any atom is 0.0492 e. The van der Waals surface area contributed by atoms with Crippen LogP contribution in [0.4, 0.5) is 0 Å². The molecule has 1 heterocycles. The summed E-state index contributed by atoms with van der Waals surface area (Å²) in [7, 11) is 0. The Bertz CT molecular complexity index is 1030. The molecule has 1 unspecified atom stereocenters. The van der Waals surface area contributed by atoms with Crippen LogP contribution in [0.25, 0.3) is 21.8 Å². The number of nitrogens with zero attached hydrogens (tertiary/aromatic N) is 1. The molecule has 1 nitrogen and oxygen atoms in total. The Kier molecular flexibility index (Phi) is 7.06. The smallest absolute Gasteiger partial charge is 0.0492 e. The van der Waals surface area contributed by atoms with Crippen LogP contribution in [0.1, 0.15) is 71.4 Å². The Balaban J connectivity index is 1.96. The number of hydrogen-bond acceptors (Lipinski definition) is 0. The van der Waals surface area contributed by atoms with Crippen molar-refractivity contribution in [3.05, 3.63) is 47.5 Å². The first-order valence-corrected chi connectivity index (χ1v) is 10.9. The summed E-state index contributed by atoms with van der Waals surface area (Å²) in [5.74, 6) is 14.0. The molecule has 150 valence electrons. The van der Waals surface area contributed by atoms with E-state index in [2.05, 4.69) is 85.4 Å². The van der Waals surface area contributed by atoms with Crippen LogP contribution in [0, 0.1) is 35.5 Å². The molecule has 29 heavy (non-hydrogen) atoms. The third kappa shape index (κ3) is 5.05. The van der Waals surface area contributed by atoms with Crippen molar-refractivity contribution in [2.75, 3.05) is 0 Å². The molecule has 3 aromatic rings. The van der Waals surface area contributed by atoms with Crippen molar-refractivity contribution in [2.45, 2.75) is 66.8 Å². The van der Waals surface area contributed by atoms with Gasteiger partial charge in [-0.3, -0.25) is 0 Å². The van der Waals surface area contributed by atoms with Crippen LogP contribution >= 0.6 is 0 Å². The molecule has 0 aliphatic rings. The lowest BCUT2D eigenvalue weighted by Gasteiger charge is -2.14. The van der Waals surface area contributed by atoms with Crippen molar-refractivity contribution >= 4 is 21.8 Å². The molecule has 2 aromatic carbocycles. The molecule has 0 spiro atoms. The third-order valence-corrected chi connectivity index (χ3v) is 5.73. The number of benzene rings is 2. The van der Waals surface area contributed by atoms with Crippen LogP contribution in [0.2, 0.25) is 0 Å². The van der Waals surface area contributed by atoms with Gasteiger partial charge in [-0.15, -0.1) is 11.8 Å². The molecule has 1 aromatic heterocycles. The molecule has 0 N–H and O–H groups in total. The van der Waals surface area contributed by atoms with E-state index in [1.807, 2.05) is 13.8 Å². The fourth-order valence-corrected chi connectivity index (χ4v) is 4.16. The summed E-state index contributed by atoms with van der Waals surface area (Å²) < 4.78 is 2.50. The van der Waals surface area contributed by atoms with Crippen molar-refractivity contribution in [3.8, 4) is 23.7 Å². The summed E-state index contributed by atoms with van der Waals surface area (Å²) in [5, 5.41) is 2.57. The van der Waals surface area contributed by atoms with Gasteiger partial charge in [-0.25, -0.2) is 0 Å². The van der Waals surface area contributed by atoms with Crippen LogP contribution in [0.15, 0.2) is 36.4 Å². The molecular formula is C28H33N. The van der Waals surface area contributed by atoms with E-state index >= 15 is 0 Å². The van der Waals surface area contributed by atoms with Gasteiger partial charge in [-0.05, 0) is 68.5 Å². The number of aryl methyl sites for hydroxylation is 1. The Morgan fingerprint density at radius 2 is 1.31 bits per heavy atom.